The van der Waals surface area contributed by atoms with Gasteiger partial charge in [-0.05, 0) is 40.2 Å². The Balaban J connectivity index is 2.22. The molecule has 0 radical (unpaired) electrons. The van der Waals surface area contributed by atoms with Crippen molar-refractivity contribution in [1.29, 1.82) is 0 Å². The topological polar surface area (TPSA) is 49.3 Å². The molecule has 2 aromatic carbocycles. The van der Waals surface area contributed by atoms with Gasteiger partial charge in [0.2, 0.25) is 0 Å². The predicted octanol–water partition coefficient (Wildman–Crippen LogP) is 4.18. The van der Waals surface area contributed by atoms with Crippen LogP contribution in [0, 0.1) is 17.5 Å². The van der Waals surface area contributed by atoms with Crippen molar-refractivity contribution >= 4 is 27.6 Å². The number of nitrogens with one attached hydrogen (secondary N) is 1. The number of aromatic carboxylic acids is 1. The van der Waals surface area contributed by atoms with Crippen molar-refractivity contribution in [2.75, 3.05) is 5.32 Å². The summed E-state index contributed by atoms with van der Waals surface area (Å²) in [5, 5.41) is 11.4. The van der Waals surface area contributed by atoms with E-state index in [4.69, 9.17) is 5.11 Å². The molecule has 0 aliphatic carbocycles. The van der Waals surface area contributed by atoms with E-state index in [9.17, 15) is 18.0 Å². The number of hydrogen-bond donors (Lipinski definition) is 2. The van der Waals surface area contributed by atoms with Gasteiger partial charge >= 0.3 is 5.97 Å². The Labute approximate surface area is 126 Å². The van der Waals surface area contributed by atoms with Crippen LogP contribution in [-0.2, 0) is 6.54 Å². The molecular weight excluding hydrogens is 351 g/mol. The summed E-state index contributed by atoms with van der Waals surface area (Å²) < 4.78 is 40.3. The molecule has 0 heterocycles. The maximum Gasteiger partial charge on any atom is 0.335 e. The number of halogens is 4. The van der Waals surface area contributed by atoms with Gasteiger partial charge in [0.25, 0.3) is 0 Å². The molecule has 7 heteroatoms. The molecule has 2 N–H and O–H groups in total. The first-order chi connectivity index (χ1) is 9.88. The van der Waals surface area contributed by atoms with Gasteiger partial charge in [-0.2, -0.15) is 0 Å². The van der Waals surface area contributed by atoms with Crippen LogP contribution in [0.1, 0.15) is 15.9 Å². The van der Waals surface area contributed by atoms with Crippen molar-refractivity contribution in [3.63, 3.8) is 0 Å². The van der Waals surface area contributed by atoms with Crippen molar-refractivity contribution in [1.82, 2.24) is 0 Å². The number of carboxylic acids is 1. The molecule has 2 rings (SSSR count). The third-order valence-corrected chi connectivity index (χ3v) is 3.38. The Morgan fingerprint density at radius 1 is 1.10 bits per heavy atom. The second kappa shape index (κ2) is 6.17. The Morgan fingerprint density at radius 3 is 2.48 bits per heavy atom. The van der Waals surface area contributed by atoms with Crippen LogP contribution in [0.15, 0.2) is 34.8 Å². The van der Waals surface area contributed by atoms with Gasteiger partial charge in [0, 0.05) is 18.2 Å². The lowest BCUT2D eigenvalue weighted by Gasteiger charge is -2.10. The number of carboxylic acid groups (broad SMARTS) is 1. The van der Waals surface area contributed by atoms with Gasteiger partial charge in [-0.3, -0.25) is 0 Å². The summed E-state index contributed by atoms with van der Waals surface area (Å²) in [7, 11) is 0. The minimum atomic E-state index is -1.19. The van der Waals surface area contributed by atoms with E-state index >= 15 is 0 Å². The lowest BCUT2D eigenvalue weighted by molar-refractivity contribution is 0.0696. The molecular formula is C14H9BrF3NO2. The van der Waals surface area contributed by atoms with Gasteiger partial charge in [0.05, 0.1) is 15.7 Å². The Bertz CT molecular complexity index is 707. The van der Waals surface area contributed by atoms with Gasteiger partial charge in [0.15, 0.2) is 0 Å². The first-order valence-electron chi connectivity index (χ1n) is 5.78. The standard InChI is InChI=1S/C14H9BrF3NO2/c15-9-4-13(12(18)5-11(9)17)19-6-8-3-7(14(20)21)1-2-10(8)16/h1-5,19H,6H2,(H,20,21). The monoisotopic (exact) mass is 359 g/mol. The van der Waals surface area contributed by atoms with E-state index in [0.29, 0.717) is 6.07 Å². The van der Waals surface area contributed by atoms with Crippen molar-refractivity contribution in [2.45, 2.75) is 6.54 Å². The summed E-state index contributed by atoms with van der Waals surface area (Å²) in [5.74, 6) is -3.39. The fourth-order valence-electron chi connectivity index (χ4n) is 1.69. The van der Waals surface area contributed by atoms with Gasteiger partial charge in [-0.25, -0.2) is 18.0 Å². The van der Waals surface area contributed by atoms with Crippen LogP contribution < -0.4 is 5.32 Å². The van der Waals surface area contributed by atoms with E-state index < -0.39 is 23.4 Å². The first kappa shape index (κ1) is 15.4. The van der Waals surface area contributed by atoms with Crippen molar-refractivity contribution in [3.05, 3.63) is 63.4 Å². The molecule has 0 saturated heterocycles. The van der Waals surface area contributed by atoms with Crippen LogP contribution in [0.25, 0.3) is 0 Å². The smallest absolute Gasteiger partial charge is 0.335 e. The molecule has 2 aromatic rings. The van der Waals surface area contributed by atoms with E-state index in [1.54, 1.807) is 0 Å². The molecule has 0 atom stereocenters. The molecule has 0 bridgehead atoms. The van der Waals surface area contributed by atoms with E-state index in [0.717, 1.165) is 18.2 Å². The van der Waals surface area contributed by atoms with Crippen LogP contribution in [0.3, 0.4) is 0 Å². The Kier molecular flexibility index (Phi) is 4.52. The summed E-state index contributed by atoms with van der Waals surface area (Å²) in [4.78, 5) is 10.8. The van der Waals surface area contributed by atoms with Crippen LogP contribution in [0.2, 0.25) is 0 Å². The summed E-state index contributed by atoms with van der Waals surface area (Å²) in [6.45, 7) is -0.137. The molecule has 0 saturated carbocycles. The quantitative estimate of drug-likeness (QED) is 0.805. The van der Waals surface area contributed by atoms with Crippen LogP contribution in [0.4, 0.5) is 18.9 Å². The number of carbonyl (C=O) groups is 1. The number of hydrogen-bond acceptors (Lipinski definition) is 2. The minimum Gasteiger partial charge on any atom is -0.478 e. The third kappa shape index (κ3) is 3.55. The van der Waals surface area contributed by atoms with Gasteiger partial charge in [0.1, 0.15) is 17.5 Å². The molecule has 21 heavy (non-hydrogen) atoms. The van der Waals surface area contributed by atoms with Crippen molar-refractivity contribution < 1.29 is 23.1 Å². The molecule has 0 aliphatic rings. The van der Waals surface area contributed by atoms with Crippen LogP contribution >= 0.6 is 15.9 Å². The lowest BCUT2D eigenvalue weighted by atomic mass is 10.1. The zero-order valence-electron chi connectivity index (χ0n) is 10.5. The first-order valence-corrected chi connectivity index (χ1v) is 6.58. The predicted molar refractivity (Wildman–Crippen MR) is 74.7 cm³/mol. The highest BCUT2D eigenvalue weighted by atomic mass is 79.9. The maximum absolute atomic E-state index is 13.6. The average molecular weight is 360 g/mol. The third-order valence-electron chi connectivity index (χ3n) is 2.77. The summed E-state index contributed by atoms with van der Waals surface area (Å²) >= 11 is 2.92. The second-order valence-corrected chi connectivity index (χ2v) is 5.07. The SMILES string of the molecule is O=C(O)c1ccc(F)c(CNc2cc(Br)c(F)cc2F)c1. The maximum atomic E-state index is 13.6. The fraction of sp³-hybridized carbons (Fsp3) is 0.0714. The molecule has 3 nitrogen and oxygen atoms in total. The number of benzene rings is 2. The average Bonchev–Trinajstić information content (AvgIpc) is 2.42. The highest BCUT2D eigenvalue weighted by Crippen LogP contribution is 2.24. The van der Waals surface area contributed by atoms with E-state index in [1.165, 1.54) is 6.07 Å². The zero-order chi connectivity index (χ0) is 15.6. The summed E-state index contributed by atoms with van der Waals surface area (Å²) in [6, 6.07) is 5.19. The molecule has 110 valence electrons. The molecule has 0 unspecified atom stereocenters. The van der Waals surface area contributed by atoms with E-state index in [1.807, 2.05) is 0 Å². The van der Waals surface area contributed by atoms with Gasteiger partial charge in [-0.1, -0.05) is 0 Å². The normalized spacial score (nSPS) is 10.5. The van der Waals surface area contributed by atoms with E-state index in [2.05, 4.69) is 21.2 Å². The molecule has 0 aliphatic heterocycles. The Morgan fingerprint density at radius 2 is 1.81 bits per heavy atom. The largest absolute Gasteiger partial charge is 0.478 e. The molecule has 0 aromatic heterocycles. The highest BCUT2D eigenvalue weighted by molar-refractivity contribution is 9.10. The van der Waals surface area contributed by atoms with Crippen LogP contribution in [0.5, 0.6) is 0 Å². The minimum absolute atomic E-state index is 0.0246. The zero-order valence-corrected chi connectivity index (χ0v) is 12.0. The van der Waals surface area contributed by atoms with Crippen molar-refractivity contribution in [2.24, 2.45) is 0 Å². The van der Waals surface area contributed by atoms with Gasteiger partial charge < -0.3 is 10.4 Å². The number of rotatable bonds is 4. The summed E-state index contributed by atoms with van der Waals surface area (Å²) in [6.07, 6.45) is 0. The van der Waals surface area contributed by atoms with Crippen LogP contribution in [-0.4, -0.2) is 11.1 Å². The molecule has 0 spiro atoms. The number of anilines is 1. The summed E-state index contributed by atoms with van der Waals surface area (Å²) in [5.41, 5.74) is -0.0351. The molecule has 0 fully saturated rings. The highest BCUT2D eigenvalue weighted by Gasteiger charge is 2.11. The second-order valence-electron chi connectivity index (χ2n) is 4.21. The molecule has 0 amide bonds. The Hall–Kier alpha value is -2.02. The van der Waals surface area contributed by atoms with Gasteiger partial charge in [-0.15, -0.1) is 0 Å². The lowest BCUT2D eigenvalue weighted by Crippen LogP contribution is -2.06. The van der Waals surface area contributed by atoms with E-state index in [-0.39, 0.29) is 27.8 Å². The fourth-order valence-corrected chi connectivity index (χ4v) is 2.04. The van der Waals surface area contributed by atoms with Crippen molar-refractivity contribution in [3.8, 4) is 0 Å².